The van der Waals surface area contributed by atoms with Gasteiger partial charge in [0.2, 0.25) is 0 Å². The van der Waals surface area contributed by atoms with E-state index < -0.39 is 0 Å². The summed E-state index contributed by atoms with van der Waals surface area (Å²) in [6, 6.07) is 10.9. The van der Waals surface area contributed by atoms with E-state index in [1.165, 1.54) is 11.3 Å². The number of benzene rings is 1. The third kappa shape index (κ3) is 1.53. The van der Waals surface area contributed by atoms with Gasteiger partial charge in [-0.3, -0.25) is 0 Å². The normalized spacial score (nSPS) is 10.8. The van der Waals surface area contributed by atoms with E-state index >= 15 is 0 Å². The van der Waals surface area contributed by atoms with Gasteiger partial charge >= 0.3 is 0 Å². The van der Waals surface area contributed by atoms with E-state index in [1.807, 2.05) is 24.3 Å². The molecule has 0 unspecified atom stereocenters. The van der Waals surface area contributed by atoms with E-state index in [-0.39, 0.29) is 5.75 Å². The van der Waals surface area contributed by atoms with Crippen molar-refractivity contribution in [3.63, 3.8) is 0 Å². The SMILES string of the molecule is Oc1cccc(-c2nc3cccnc3s2)c1. The van der Waals surface area contributed by atoms with Gasteiger partial charge in [0.1, 0.15) is 21.1 Å². The predicted octanol–water partition coefficient (Wildman–Crippen LogP) is 3.06. The Kier molecular flexibility index (Phi) is 2.08. The number of phenols is 1. The number of thiazole rings is 1. The molecule has 0 saturated heterocycles. The van der Waals surface area contributed by atoms with Gasteiger partial charge in [0.05, 0.1) is 0 Å². The zero-order valence-electron chi connectivity index (χ0n) is 8.29. The molecule has 2 aromatic heterocycles. The molecule has 1 aromatic carbocycles. The smallest absolute Gasteiger partial charge is 0.143 e. The zero-order valence-corrected chi connectivity index (χ0v) is 9.11. The molecule has 0 amide bonds. The average Bonchev–Trinajstić information content (AvgIpc) is 2.72. The lowest BCUT2D eigenvalue weighted by atomic mass is 10.2. The van der Waals surface area contributed by atoms with Crippen molar-refractivity contribution in [2.75, 3.05) is 0 Å². The molecule has 0 bridgehead atoms. The second-order valence-corrected chi connectivity index (χ2v) is 4.37. The minimum atomic E-state index is 0.254. The number of fused-ring (bicyclic) bond motifs is 1. The van der Waals surface area contributed by atoms with E-state index in [4.69, 9.17) is 0 Å². The highest BCUT2D eigenvalue weighted by Crippen LogP contribution is 2.30. The average molecular weight is 228 g/mol. The van der Waals surface area contributed by atoms with Crippen molar-refractivity contribution >= 4 is 21.7 Å². The van der Waals surface area contributed by atoms with Crippen molar-refractivity contribution in [3.05, 3.63) is 42.6 Å². The second kappa shape index (κ2) is 3.57. The van der Waals surface area contributed by atoms with Crippen molar-refractivity contribution in [2.45, 2.75) is 0 Å². The Morgan fingerprint density at radius 3 is 2.88 bits per heavy atom. The van der Waals surface area contributed by atoms with Crippen molar-refractivity contribution in [3.8, 4) is 16.3 Å². The number of pyridine rings is 1. The Balaban J connectivity index is 2.19. The van der Waals surface area contributed by atoms with Gasteiger partial charge < -0.3 is 5.11 Å². The summed E-state index contributed by atoms with van der Waals surface area (Å²) in [7, 11) is 0. The Labute approximate surface area is 96.0 Å². The first-order valence-electron chi connectivity index (χ1n) is 4.84. The number of aromatic hydroxyl groups is 1. The van der Waals surface area contributed by atoms with Crippen LogP contribution >= 0.6 is 11.3 Å². The third-order valence-electron chi connectivity index (χ3n) is 2.26. The maximum Gasteiger partial charge on any atom is 0.143 e. The molecule has 1 N–H and O–H groups in total. The molecule has 0 fully saturated rings. The number of hydrogen-bond donors (Lipinski definition) is 1. The minimum absolute atomic E-state index is 0.254. The molecular formula is C12H8N2OS. The first-order valence-corrected chi connectivity index (χ1v) is 5.65. The van der Waals surface area contributed by atoms with Gasteiger partial charge in [-0.25, -0.2) is 9.97 Å². The summed E-state index contributed by atoms with van der Waals surface area (Å²) in [4.78, 5) is 9.63. The molecule has 0 aliphatic carbocycles. The Morgan fingerprint density at radius 1 is 1.12 bits per heavy atom. The fourth-order valence-corrected chi connectivity index (χ4v) is 2.44. The van der Waals surface area contributed by atoms with Crippen LogP contribution < -0.4 is 0 Å². The van der Waals surface area contributed by atoms with Crippen LogP contribution in [0, 0.1) is 0 Å². The number of phenolic OH excluding ortho intramolecular Hbond substituents is 1. The fourth-order valence-electron chi connectivity index (χ4n) is 1.53. The van der Waals surface area contributed by atoms with E-state index in [0.717, 1.165) is 20.9 Å². The van der Waals surface area contributed by atoms with Gasteiger partial charge in [-0.2, -0.15) is 0 Å². The summed E-state index contributed by atoms with van der Waals surface area (Å²) in [5, 5.41) is 10.3. The van der Waals surface area contributed by atoms with Crippen LogP contribution in [0.25, 0.3) is 20.9 Å². The summed E-state index contributed by atoms with van der Waals surface area (Å²) >= 11 is 1.53. The third-order valence-corrected chi connectivity index (χ3v) is 3.29. The summed E-state index contributed by atoms with van der Waals surface area (Å²) in [5.74, 6) is 0.254. The maximum atomic E-state index is 9.41. The summed E-state index contributed by atoms with van der Waals surface area (Å²) in [6.45, 7) is 0. The Bertz CT molecular complexity index is 615. The van der Waals surface area contributed by atoms with Crippen LogP contribution in [0.4, 0.5) is 0 Å². The van der Waals surface area contributed by atoms with E-state index in [2.05, 4.69) is 9.97 Å². The molecule has 4 heteroatoms. The summed E-state index contributed by atoms with van der Waals surface area (Å²) < 4.78 is 0. The van der Waals surface area contributed by atoms with Crippen LogP contribution in [0.3, 0.4) is 0 Å². The van der Waals surface area contributed by atoms with E-state index in [0.29, 0.717) is 0 Å². The number of nitrogens with zero attached hydrogens (tertiary/aromatic N) is 2. The van der Waals surface area contributed by atoms with Crippen molar-refractivity contribution in [1.82, 2.24) is 9.97 Å². The highest BCUT2D eigenvalue weighted by atomic mass is 32.1. The first kappa shape index (κ1) is 9.30. The van der Waals surface area contributed by atoms with Crippen LogP contribution in [-0.2, 0) is 0 Å². The van der Waals surface area contributed by atoms with Gasteiger partial charge in [0.25, 0.3) is 0 Å². The summed E-state index contributed by atoms with van der Waals surface area (Å²) in [6.07, 6.45) is 1.76. The van der Waals surface area contributed by atoms with Crippen molar-refractivity contribution in [1.29, 1.82) is 0 Å². The zero-order chi connectivity index (χ0) is 11.0. The second-order valence-electron chi connectivity index (χ2n) is 3.40. The molecule has 3 nitrogen and oxygen atoms in total. The quantitative estimate of drug-likeness (QED) is 0.696. The molecule has 16 heavy (non-hydrogen) atoms. The van der Waals surface area contributed by atoms with Gasteiger partial charge in [-0.15, -0.1) is 0 Å². The van der Waals surface area contributed by atoms with Gasteiger partial charge in [0.15, 0.2) is 0 Å². The molecule has 0 saturated carbocycles. The highest BCUT2D eigenvalue weighted by molar-refractivity contribution is 7.21. The molecule has 3 rings (SSSR count). The molecular weight excluding hydrogens is 220 g/mol. The predicted molar refractivity (Wildman–Crippen MR) is 64.5 cm³/mol. The van der Waals surface area contributed by atoms with Crippen LogP contribution in [0.15, 0.2) is 42.6 Å². The first-order chi connectivity index (χ1) is 7.83. The Hall–Kier alpha value is -1.94. The lowest BCUT2D eigenvalue weighted by Gasteiger charge is -1.95. The number of rotatable bonds is 1. The van der Waals surface area contributed by atoms with Crippen molar-refractivity contribution in [2.24, 2.45) is 0 Å². The van der Waals surface area contributed by atoms with Crippen LogP contribution in [0.1, 0.15) is 0 Å². The van der Waals surface area contributed by atoms with E-state index in [1.54, 1.807) is 18.3 Å². The van der Waals surface area contributed by atoms with Crippen LogP contribution in [-0.4, -0.2) is 15.1 Å². The van der Waals surface area contributed by atoms with E-state index in [9.17, 15) is 5.11 Å². The van der Waals surface area contributed by atoms with Crippen molar-refractivity contribution < 1.29 is 5.11 Å². The number of aromatic nitrogens is 2. The van der Waals surface area contributed by atoms with Crippen LogP contribution in [0.5, 0.6) is 5.75 Å². The van der Waals surface area contributed by atoms with Gasteiger partial charge in [-0.05, 0) is 24.3 Å². The van der Waals surface area contributed by atoms with Gasteiger partial charge in [-0.1, -0.05) is 23.5 Å². The monoisotopic (exact) mass is 228 g/mol. The fraction of sp³-hybridized carbons (Fsp3) is 0. The summed E-state index contributed by atoms with van der Waals surface area (Å²) in [5.41, 5.74) is 1.81. The minimum Gasteiger partial charge on any atom is -0.508 e. The molecule has 3 aromatic rings. The molecule has 0 atom stereocenters. The topological polar surface area (TPSA) is 46.0 Å². The molecule has 2 heterocycles. The molecule has 78 valence electrons. The lowest BCUT2D eigenvalue weighted by Crippen LogP contribution is -1.75. The largest absolute Gasteiger partial charge is 0.508 e. The standard InChI is InChI=1S/C12H8N2OS/c15-9-4-1-3-8(7-9)11-14-10-5-2-6-13-12(10)16-11/h1-7,15H. The van der Waals surface area contributed by atoms with Gasteiger partial charge in [0, 0.05) is 11.8 Å². The highest BCUT2D eigenvalue weighted by Gasteiger charge is 2.06. The Morgan fingerprint density at radius 2 is 2.06 bits per heavy atom. The molecule has 0 radical (unpaired) electrons. The molecule has 0 aliphatic rings. The maximum absolute atomic E-state index is 9.41. The van der Waals surface area contributed by atoms with Crippen LogP contribution in [0.2, 0.25) is 0 Å². The lowest BCUT2D eigenvalue weighted by molar-refractivity contribution is 0.475. The molecule has 0 spiro atoms. The number of hydrogen-bond acceptors (Lipinski definition) is 4. The molecule has 0 aliphatic heterocycles.